The summed E-state index contributed by atoms with van der Waals surface area (Å²) in [4.78, 5) is 9.16. The van der Waals surface area contributed by atoms with Crippen molar-refractivity contribution in [1.82, 2.24) is 29.4 Å². The van der Waals surface area contributed by atoms with E-state index in [1.54, 1.807) is 21.7 Å². The first-order valence-electron chi connectivity index (χ1n) is 9.99. The molecule has 0 unspecified atom stereocenters. The number of hydrogen-bond acceptors (Lipinski definition) is 5. The van der Waals surface area contributed by atoms with Gasteiger partial charge in [-0.1, -0.05) is 54.6 Å². The number of benzene rings is 3. The Morgan fingerprint density at radius 3 is 2.74 bits per heavy atom. The highest BCUT2D eigenvalue weighted by molar-refractivity contribution is 5.89. The van der Waals surface area contributed by atoms with Crippen molar-refractivity contribution in [3.05, 3.63) is 84.8 Å². The number of aromatic nitrogens is 6. The summed E-state index contributed by atoms with van der Waals surface area (Å²) < 4.78 is 9.57. The van der Waals surface area contributed by atoms with Crippen LogP contribution in [0.2, 0.25) is 0 Å². The fraction of sp³-hybridized carbons (Fsp3) is 0.0833. The Morgan fingerprint density at radius 2 is 1.77 bits per heavy atom. The second-order valence-electron chi connectivity index (χ2n) is 7.42. The number of fused-ring (bicyclic) bond motifs is 4. The van der Waals surface area contributed by atoms with E-state index in [1.165, 1.54) is 0 Å². The van der Waals surface area contributed by atoms with Gasteiger partial charge in [0.2, 0.25) is 0 Å². The summed E-state index contributed by atoms with van der Waals surface area (Å²) in [5.41, 5.74) is 3.50. The fourth-order valence-corrected chi connectivity index (χ4v) is 3.84. The number of ether oxygens (including phenoxy) is 1. The fourth-order valence-electron chi connectivity index (χ4n) is 3.84. The highest BCUT2D eigenvalue weighted by atomic mass is 16.5. The van der Waals surface area contributed by atoms with E-state index in [-0.39, 0.29) is 0 Å². The largest absolute Gasteiger partial charge is 0.488 e. The van der Waals surface area contributed by atoms with Crippen molar-refractivity contribution in [2.45, 2.75) is 6.61 Å². The molecular formula is C24H18N6O. The summed E-state index contributed by atoms with van der Waals surface area (Å²) in [5.74, 6) is 1.52. The molecule has 31 heavy (non-hydrogen) atoms. The normalized spacial score (nSPS) is 11.5. The highest BCUT2D eigenvalue weighted by Crippen LogP contribution is 2.27. The molecule has 7 heteroatoms. The Kier molecular flexibility index (Phi) is 3.92. The van der Waals surface area contributed by atoms with Crippen LogP contribution in [0.1, 0.15) is 5.56 Å². The molecule has 6 rings (SSSR count). The minimum absolute atomic E-state index is 0.462. The molecule has 0 aliphatic heterocycles. The predicted molar refractivity (Wildman–Crippen MR) is 119 cm³/mol. The number of rotatable bonds is 4. The molecule has 0 N–H and O–H groups in total. The van der Waals surface area contributed by atoms with Gasteiger partial charge >= 0.3 is 0 Å². The van der Waals surface area contributed by atoms with Crippen molar-refractivity contribution < 1.29 is 4.74 Å². The van der Waals surface area contributed by atoms with Gasteiger partial charge in [-0.3, -0.25) is 4.68 Å². The minimum atomic E-state index is 0.462. The van der Waals surface area contributed by atoms with Gasteiger partial charge in [0, 0.05) is 18.0 Å². The average Bonchev–Trinajstić information content (AvgIpc) is 3.41. The molecule has 0 amide bonds. The zero-order valence-electron chi connectivity index (χ0n) is 16.8. The number of hydrogen-bond donors (Lipinski definition) is 0. The van der Waals surface area contributed by atoms with Gasteiger partial charge in [-0.15, -0.1) is 5.10 Å². The van der Waals surface area contributed by atoms with Crippen LogP contribution in [0.3, 0.4) is 0 Å². The van der Waals surface area contributed by atoms with Crippen molar-refractivity contribution in [3.63, 3.8) is 0 Å². The van der Waals surface area contributed by atoms with E-state index in [2.05, 4.69) is 39.4 Å². The van der Waals surface area contributed by atoms with Crippen LogP contribution >= 0.6 is 0 Å². The molecule has 3 heterocycles. The molecule has 0 bridgehead atoms. The summed E-state index contributed by atoms with van der Waals surface area (Å²) in [6.07, 6.45) is 3.44. The molecule has 7 nitrogen and oxygen atoms in total. The van der Waals surface area contributed by atoms with E-state index in [0.717, 1.165) is 44.3 Å². The zero-order valence-corrected chi connectivity index (χ0v) is 16.8. The lowest BCUT2D eigenvalue weighted by atomic mass is 10.1. The maximum atomic E-state index is 6.15. The second kappa shape index (κ2) is 6.91. The summed E-state index contributed by atoms with van der Waals surface area (Å²) in [6, 6.07) is 22.5. The topological polar surface area (TPSA) is 70.1 Å². The number of nitrogens with zero attached hydrogens (tertiary/aromatic N) is 6. The van der Waals surface area contributed by atoms with Gasteiger partial charge in [0.25, 0.3) is 0 Å². The van der Waals surface area contributed by atoms with E-state index >= 15 is 0 Å². The van der Waals surface area contributed by atoms with Gasteiger partial charge in [0.1, 0.15) is 18.7 Å². The molecule has 150 valence electrons. The molecule has 0 saturated heterocycles. The van der Waals surface area contributed by atoms with E-state index in [0.29, 0.717) is 12.4 Å². The van der Waals surface area contributed by atoms with Crippen LogP contribution < -0.4 is 4.74 Å². The molecular weight excluding hydrogens is 388 g/mol. The number of aryl methyl sites for hydroxylation is 1. The van der Waals surface area contributed by atoms with Crippen LogP contribution in [0.5, 0.6) is 5.75 Å². The monoisotopic (exact) mass is 406 g/mol. The van der Waals surface area contributed by atoms with Gasteiger partial charge in [0.05, 0.1) is 11.6 Å². The van der Waals surface area contributed by atoms with Crippen LogP contribution in [0, 0.1) is 0 Å². The summed E-state index contributed by atoms with van der Waals surface area (Å²) in [5, 5.41) is 12.0. The van der Waals surface area contributed by atoms with Gasteiger partial charge in [0.15, 0.2) is 17.1 Å². The van der Waals surface area contributed by atoms with Gasteiger partial charge in [-0.05, 0) is 23.1 Å². The SMILES string of the molecule is Cn1ncc2c1ncn1nc(-c3cccc(COc4cccc5ccccc45)c3)nc21. The van der Waals surface area contributed by atoms with E-state index in [9.17, 15) is 0 Å². The second-order valence-corrected chi connectivity index (χ2v) is 7.42. The van der Waals surface area contributed by atoms with Gasteiger partial charge in [-0.2, -0.15) is 5.10 Å². The van der Waals surface area contributed by atoms with Crippen molar-refractivity contribution in [2.75, 3.05) is 0 Å². The Labute approximate surface area is 177 Å². The lowest BCUT2D eigenvalue weighted by molar-refractivity contribution is 0.310. The maximum Gasteiger partial charge on any atom is 0.182 e. The molecule has 6 aromatic rings. The van der Waals surface area contributed by atoms with Crippen LogP contribution in [-0.4, -0.2) is 29.4 Å². The first-order valence-corrected chi connectivity index (χ1v) is 9.99. The third-order valence-electron chi connectivity index (χ3n) is 5.40. The molecule has 0 saturated carbocycles. The average molecular weight is 406 g/mol. The van der Waals surface area contributed by atoms with E-state index in [4.69, 9.17) is 9.72 Å². The molecule has 0 spiro atoms. The Hall–Kier alpha value is -4.26. The Bertz CT molecular complexity index is 1560. The first-order chi connectivity index (χ1) is 15.3. The van der Waals surface area contributed by atoms with Gasteiger partial charge < -0.3 is 4.74 Å². The predicted octanol–water partition coefficient (Wildman–Crippen LogP) is 4.41. The van der Waals surface area contributed by atoms with Crippen molar-refractivity contribution in [2.24, 2.45) is 7.05 Å². The zero-order chi connectivity index (χ0) is 20.8. The standard InChI is InChI=1S/C24H18N6O/c1-29-23-20(13-26-29)24-27-22(28-30(24)15-25-23)18-9-4-6-16(12-18)14-31-21-11-5-8-17-7-2-3-10-19(17)21/h2-13,15H,14H2,1H3. The lowest BCUT2D eigenvalue weighted by Gasteiger charge is -2.10. The molecule has 3 aromatic carbocycles. The summed E-state index contributed by atoms with van der Waals surface area (Å²) >= 11 is 0. The molecule has 0 fully saturated rings. The van der Waals surface area contributed by atoms with E-state index < -0.39 is 0 Å². The smallest absolute Gasteiger partial charge is 0.182 e. The quantitative estimate of drug-likeness (QED) is 0.434. The van der Waals surface area contributed by atoms with Crippen LogP contribution in [0.15, 0.2) is 79.3 Å². The molecule has 0 atom stereocenters. The van der Waals surface area contributed by atoms with Crippen LogP contribution in [0.4, 0.5) is 0 Å². The Balaban J connectivity index is 1.32. The summed E-state index contributed by atoms with van der Waals surface area (Å²) in [6.45, 7) is 0.462. The maximum absolute atomic E-state index is 6.15. The minimum Gasteiger partial charge on any atom is -0.488 e. The van der Waals surface area contributed by atoms with Crippen LogP contribution in [-0.2, 0) is 13.7 Å². The van der Waals surface area contributed by atoms with E-state index in [1.807, 2.05) is 49.5 Å². The van der Waals surface area contributed by atoms with Crippen molar-refractivity contribution >= 4 is 27.5 Å². The molecule has 0 radical (unpaired) electrons. The first kappa shape index (κ1) is 17.6. The Morgan fingerprint density at radius 1 is 0.903 bits per heavy atom. The van der Waals surface area contributed by atoms with Crippen LogP contribution in [0.25, 0.3) is 38.8 Å². The lowest BCUT2D eigenvalue weighted by Crippen LogP contribution is -1.96. The van der Waals surface area contributed by atoms with Gasteiger partial charge in [-0.25, -0.2) is 14.5 Å². The third kappa shape index (κ3) is 2.98. The summed E-state index contributed by atoms with van der Waals surface area (Å²) in [7, 11) is 1.86. The molecule has 0 aliphatic carbocycles. The third-order valence-corrected chi connectivity index (χ3v) is 5.40. The van der Waals surface area contributed by atoms with Crippen molar-refractivity contribution in [3.8, 4) is 17.1 Å². The highest BCUT2D eigenvalue weighted by Gasteiger charge is 2.13. The molecule has 3 aromatic heterocycles. The molecule has 0 aliphatic rings. The van der Waals surface area contributed by atoms with Crippen molar-refractivity contribution in [1.29, 1.82) is 0 Å².